The number of fused-ring (bicyclic) bond motifs is 2. The van der Waals surface area contributed by atoms with Gasteiger partial charge >= 0.3 is 5.97 Å². The number of methoxy groups -OCH3 is 1. The van der Waals surface area contributed by atoms with Gasteiger partial charge in [-0.05, 0) is 53.8 Å². The fraction of sp³-hybridized carbons (Fsp3) is 0.172. The number of rotatable bonds is 5. The molecule has 4 aromatic rings. The molecule has 176 valence electrons. The Balaban J connectivity index is 1.39. The first kappa shape index (κ1) is 22.5. The second-order valence-corrected chi connectivity index (χ2v) is 8.75. The van der Waals surface area contributed by atoms with Gasteiger partial charge < -0.3 is 18.6 Å². The molecule has 5 rings (SSSR count). The van der Waals surface area contributed by atoms with Gasteiger partial charge in [-0.15, -0.1) is 0 Å². The molecule has 0 N–H and O–H groups in total. The summed E-state index contributed by atoms with van der Waals surface area (Å²) >= 11 is 0. The minimum Gasteiger partial charge on any atom is -0.493 e. The molecule has 3 aromatic carbocycles. The standard InChI is InChI=1S/C29H24O6/c1-16(2)19-10-8-18(9-11-19)13-24-27(30)26-17(3)12-21(15-23(26)34-24)33-29(31)25-14-20-6-5-7-22(32-4)28(20)35-25/h5-16H,1-4H3/b24-13-. The molecule has 1 aliphatic rings. The fourth-order valence-corrected chi connectivity index (χ4v) is 4.12. The zero-order valence-electron chi connectivity index (χ0n) is 19.9. The average molecular weight is 469 g/mol. The van der Waals surface area contributed by atoms with E-state index in [0.29, 0.717) is 34.1 Å². The average Bonchev–Trinajstić information content (AvgIpc) is 3.41. The molecule has 0 saturated carbocycles. The Morgan fingerprint density at radius 2 is 1.80 bits per heavy atom. The van der Waals surface area contributed by atoms with Crippen LogP contribution in [-0.2, 0) is 0 Å². The van der Waals surface area contributed by atoms with E-state index in [1.165, 1.54) is 12.7 Å². The molecular weight excluding hydrogens is 444 g/mol. The van der Waals surface area contributed by atoms with Crippen LogP contribution < -0.4 is 14.2 Å². The van der Waals surface area contributed by atoms with Crippen molar-refractivity contribution in [1.29, 1.82) is 0 Å². The van der Waals surface area contributed by atoms with Crippen molar-refractivity contribution in [2.45, 2.75) is 26.7 Å². The number of carbonyl (C=O) groups is 2. The van der Waals surface area contributed by atoms with Crippen LogP contribution in [0.15, 0.2) is 70.8 Å². The molecule has 2 heterocycles. The number of aryl methyl sites for hydroxylation is 1. The number of esters is 1. The molecule has 0 aliphatic carbocycles. The van der Waals surface area contributed by atoms with Crippen LogP contribution >= 0.6 is 0 Å². The van der Waals surface area contributed by atoms with Crippen LogP contribution in [-0.4, -0.2) is 18.9 Å². The van der Waals surface area contributed by atoms with Gasteiger partial charge in [0.15, 0.2) is 17.1 Å². The van der Waals surface area contributed by atoms with E-state index in [9.17, 15) is 9.59 Å². The van der Waals surface area contributed by atoms with Crippen molar-refractivity contribution in [3.63, 3.8) is 0 Å². The quantitative estimate of drug-likeness (QED) is 0.184. The Labute approximate surface area is 202 Å². The highest BCUT2D eigenvalue weighted by Crippen LogP contribution is 2.38. The van der Waals surface area contributed by atoms with E-state index in [1.807, 2.05) is 36.4 Å². The molecule has 6 heteroatoms. The monoisotopic (exact) mass is 468 g/mol. The molecule has 1 aromatic heterocycles. The number of allylic oxidation sites excluding steroid dienone is 1. The second-order valence-electron chi connectivity index (χ2n) is 8.75. The van der Waals surface area contributed by atoms with Crippen molar-refractivity contribution in [1.82, 2.24) is 0 Å². The Hall–Kier alpha value is -4.32. The number of benzene rings is 3. The summed E-state index contributed by atoms with van der Waals surface area (Å²) in [7, 11) is 1.54. The minimum atomic E-state index is -0.659. The van der Waals surface area contributed by atoms with Gasteiger partial charge in [-0.25, -0.2) is 4.79 Å². The van der Waals surface area contributed by atoms with E-state index in [0.717, 1.165) is 10.9 Å². The molecule has 1 aliphatic heterocycles. The van der Waals surface area contributed by atoms with Crippen LogP contribution in [0.4, 0.5) is 0 Å². The first-order valence-electron chi connectivity index (χ1n) is 11.3. The van der Waals surface area contributed by atoms with E-state index in [4.69, 9.17) is 18.6 Å². The number of furan rings is 1. The summed E-state index contributed by atoms with van der Waals surface area (Å²) in [5.41, 5.74) is 3.68. The van der Waals surface area contributed by atoms with Crippen LogP contribution in [0.1, 0.15) is 57.4 Å². The third-order valence-electron chi connectivity index (χ3n) is 5.98. The van der Waals surface area contributed by atoms with Gasteiger partial charge in [0.25, 0.3) is 0 Å². The molecule has 0 saturated heterocycles. The lowest BCUT2D eigenvalue weighted by molar-refractivity contribution is 0.0703. The third-order valence-corrected chi connectivity index (χ3v) is 5.98. The molecule has 0 radical (unpaired) electrons. The van der Waals surface area contributed by atoms with Gasteiger partial charge in [0.2, 0.25) is 11.5 Å². The lowest BCUT2D eigenvalue weighted by Crippen LogP contribution is -2.07. The number of carbonyl (C=O) groups excluding carboxylic acids is 2. The summed E-state index contributed by atoms with van der Waals surface area (Å²) in [6.07, 6.45) is 1.72. The smallest absolute Gasteiger partial charge is 0.379 e. The van der Waals surface area contributed by atoms with Gasteiger partial charge in [-0.1, -0.05) is 50.2 Å². The first-order valence-corrected chi connectivity index (χ1v) is 11.3. The highest BCUT2D eigenvalue weighted by Gasteiger charge is 2.30. The number of hydrogen-bond acceptors (Lipinski definition) is 6. The van der Waals surface area contributed by atoms with Crippen molar-refractivity contribution in [2.24, 2.45) is 0 Å². The maximum Gasteiger partial charge on any atom is 0.379 e. The molecule has 6 nitrogen and oxygen atoms in total. The van der Waals surface area contributed by atoms with E-state index < -0.39 is 5.97 Å². The maximum atomic E-state index is 13.0. The van der Waals surface area contributed by atoms with Crippen LogP contribution in [0.2, 0.25) is 0 Å². The van der Waals surface area contributed by atoms with E-state index in [-0.39, 0.29) is 23.1 Å². The molecule has 0 unspecified atom stereocenters. The summed E-state index contributed by atoms with van der Waals surface area (Å²) in [4.78, 5) is 25.7. The van der Waals surface area contributed by atoms with Crippen LogP contribution in [0.5, 0.6) is 17.2 Å². The highest BCUT2D eigenvalue weighted by atomic mass is 16.6. The van der Waals surface area contributed by atoms with Crippen molar-refractivity contribution < 1.29 is 28.2 Å². The van der Waals surface area contributed by atoms with Crippen LogP contribution in [0, 0.1) is 6.92 Å². The maximum absolute atomic E-state index is 13.0. The van der Waals surface area contributed by atoms with Gasteiger partial charge in [-0.3, -0.25) is 4.79 Å². The van der Waals surface area contributed by atoms with Gasteiger partial charge in [-0.2, -0.15) is 0 Å². The van der Waals surface area contributed by atoms with E-state index >= 15 is 0 Å². The Morgan fingerprint density at radius 3 is 2.51 bits per heavy atom. The summed E-state index contributed by atoms with van der Waals surface area (Å²) in [5, 5.41) is 0.728. The molecule has 35 heavy (non-hydrogen) atoms. The molecule has 0 atom stereocenters. The van der Waals surface area contributed by atoms with Gasteiger partial charge in [0.1, 0.15) is 11.5 Å². The molecule has 0 fully saturated rings. The summed E-state index contributed by atoms with van der Waals surface area (Å²) in [5.74, 6) is 0.984. The predicted octanol–water partition coefficient (Wildman–Crippen LogP) is 6.71. The summed E-state index contributed by atoms with van der Waals surface area (Å²) < 4.78 is 22.4. The molecule has 0 spiro atoms. The number of para-hydroxylation sites is 1. The Bertz CT molecular complexity index is 1490. The molecular formula is C29H24O6. The Morgan fingerprint density at radius 1 is 1.03 bits per heavy atom. The minimum absolute atomic E-state index is 0.0464. The normalized spacial score (nSPS) is 13.9. The topological polar surface area (TPSA) is 75.0 Å². The number of hydrogen-bond donors (Lipinski definition) is 0. The first-order chi connectivity index (χ1) is 16.8. The number of ether oxygens (including phenoxy) is 3. The SMILES string of the molecule is COc1cccc2cc(C(=O)Oc3cc(C)c4c(c3)O/C(=C\c3ccc(C(C)C)cc3)C4=O)oc12. The lowest BCUT2D eigenvalue weighted by Gasteiger charge is -2.06. The van der Waals surface area contributed by atoms with Crippen molar-refractivity contribution in [3.05, 3.63) is 94.4 Å². The highest BCUT2D eigenvalue weighted by molar-refractivity contribution is 6.15. The van der Waals surface area contributed by atoms with Crippen molar-refractivity contribution in [3.8, 4) is 17.2 Å². The van der Waals surface area contributed by atoms with Gasteiger partial charge in [0, 0.05) is 11.5 Å². The lowest BCUT2D eigenvalue weighted by atomic mass is 10.0. The number of Topliss-reactive ketones (excluding diaryl/α,β-unsaturated/α-hetero) is 1. The van der Waals surface area contributed by atoms with Crippen LogP contribution in [0.3, 0.4) is 0 Å². The Kier molecular flexibility index (Phi) is 5.65. The fourth-order valence-electron chi connectivity index (χ4n) is 4.12. The summed E-state index contributed by atoms with van der Waals surface area (Å²) in [6.45, 7) is 6.04. The number of ketones is 1. The zero-order chi connectivity index (χ0) is 24.7. The third kappa shape index (κ3) is 4.19. The summed E-state index contributed by atoms with van der Waals surface area (Å²) in [6, 6.07) is 18.2. The second kappa shape index (κ2) is 8.80. The predicted molar refractivity (Wildman–Crippen MR) is 132 cm³/mol. The molecule has 0 bridgehead atoms. The largest absolute Gasteiger partial charge is 0.493 e. The van der Waals surface area contributed by atoms with E-state index in [1.54, 1.807) is 37.3 Å². The van der Waals surface area contributed by atoms with Crippen molar-refractivity contribution >= 4 is 28.8 Å². The van der Waals surface area contributed by atoms with Crippen LogP contribution in [0.25, 0.3) is 17.0 Å². The van der Waals surface area contributed by atoms with E-state index in [2.05, 4.69) is 13.8 Å². The zero-order valence-corrected chi connectivity index (χ0v) is 19.9. The van der Waals surface area contributed by atoms with Crippen molar-refractivity contribution in [2.75, 3.05) is 7.11 Å². The van der Waals surface area contributed by atoms with Gasteiger partial charge in [0.05, 0.1) is 12.7 Å². The molecule has 0 amide bonds.